The standard InChI is InChI=1S/C14H14N6OS/c21-11(12-4-2-8-22-12)9-10-3-1-7-19(10)14-6-5-13-15-17-18-20(13)16-14/h2,4-6,8,10H,1,3,7,9H2/t10-/m0/s1. The smallest absolute Gasteiger partial charge is 0.200 e. The van der Waals surface area contributed by atoms with Gasteiger partial charge >= 0.3 is 0 Å². The highest BCUT2D eigenvalue weighted by Gasteiger charge is 2.28. The summed E-state index contributed by atoms with van der Waals surface area (Å²) in [5.74, 6) is 1.02. The van der Waals surface area contributed by atoms with Crippen molar-refractivity contribution in [3.8, 4) is 0 Å². The second-order valence-corrected chi connectivity index (χ2v) is 6.26. The molecule has 1 aliphatic rings. The molecule has 7 nitrogen and oxygen atoms in total. The number of fused-ring (bicyclic) bond motifs is 1. The molecular formula is C14H14N6OS. The lowest BCUT2D eigenvalue weighted by molar-refractivity contribution is 0.0978. The molecule has 22 heavy (non-hydrogen) atoms. The molecule has 0 saturated carbocycles. The minimum absolute atomic E-state index is 0.191. The van der Waals surface area contributed by atoms with Crippen LogP contribution >= 0.6 is 11.3 Å². The van der Waals surface area contributed by atoms with Gasteiger partial charge in [-0.05, 0) is 46.8 Å². The van der Waals surface area contributed by atoms with Gasteiger partial charge in [0.15, 0.2) is 17.2 Å². The average molecular weight is 314 g/mol. The summed E-state index contributed by atoms with van der Waals surface area (Å²) < 4.78 is 1.42. The zero-order chi connectivity index (χ0) is 14.9. The predicted molar refractivity (Wildman–Crippen MR) is 82.2 cm³/mol. The fourth-order valence-electron chi connectivity index (χ4n) is 2.89. The van der Waals surface area contributed by atoms with Crippen molar-refractivity contribution in [2.45, 2.75) is 25.3 Å². The lowest BCUT2D eigenvalue weighted by Gasteiger charge is -2.24. The Balaban J connectivity index is 1.56. The zero-order valence-corrected chi connectivity index (χ0v) is 12.6. The van der Waals surface area contributed by atoms with Gasteiger partial charge in [0.1, 0.15) is 0 Å². The maximum absolute atomic E-state index is 12.3. The lowest BCUT2D eigenvalue weighted by Crippen LogP contribution is -2.32. The summed E-state index contributed by atoms with van der Waals surface area (Å²) in [6.45, 7) is 0.906. The van der Waals surface area contributed by atoms with Gasteiger partial charge in [0.25, 0.3) is 0 Å². The number of carbonyl (C=O) groups is 1. The van der Waals surface area contributed by atoms with Crippen LogP contribution in [-0.2, 0) is 0 Å². The molecule has 1 aliphatic heterocycles. The molecule has 0 amide bonds. The van der Waals surface area contributed by atoms with Crippen molar-refractivity contribution in [1.82, 2.24) is 25.3 Å². The number of ketones is 1. The molecule has 0 aromatic carbocycles. The summed E-state index contributed by atoms with van der Waals surface area (Å²) in [5.41, 5.74) is 0.620. The number of aromatic nitrogens is 5. The fraction of sp³-hybridized carbons (Fsp3) is 0.357. The molecule has 8 heteroatoms. The van der Waals surface area contributed by atoms with E-state index in [0.717, 1.165) is 30.1 Å². The van der Waals surface area contributed by atoms with Crippen molar-refractivity contribution in [3.63, 3.8) is 0 Å². The highest BCUT2D eigenvalue weighted by molar-refractivity contribution is 7.12. The van der Waals surface area contributed by atoms with Gasteiger partial charge in [0.2, 0.25) is 0 Å². The van der Waals surface area contributed by atoms with Crippen molar-refractivity contribution < 1.29 is 4.79 Å². The second kappa shape index (κ2) is 5.45. The third kappa shape index (κ3) is 2.35. The quantitative estimate of drug-likeness (QED) is 0.684. The van der Waals surface area contributed by atoms with Gasteiger partial charge in [-0.1, -0.05) is 6.07 Å². The molecule has 3 aromatic rings. The van der Waals surface area contributed by atoms with Crippen molar-refractivity contribution >= 4 is 28.6 Å². The molecule has 1 atom stereocenters. The van der Waals surface area contributed by atoms with E-state index in [4.69, 9.17) is 0 Å². The van der Waals surface area contributed by atoms with Crippen molar-refractivity contribution in [2.75, 3.05) is 11.4 Å². The molecule has 1 saturated heterocycles. The van der Waals surface area contributed by atoms with E-state index in [-0.39, 0.29) is 11.8 Å². The van der Waals surface area contributed by atoms with E-state index >= 15 is 0 Å². The van der Waals surface area contributed by atoms with Crippen LogP contribution in [0.25, 0.3) is 5.65 Å². The minimum atomic E-state index is 0.191. The molecule has 0 radical (unpaired) electrons. The van der Waals surface area contributed by atoms with Crippen molar-refractivity contribution in [3.05, 3.63) is 34.5 Å². The number of hydrogen-bond donors (Lipinski definition) is 0. The van der Waals surface area contributed by atoms with E-state index in [2.05, 4.69) is 25.5 Å². The fourth-order valence-corrected chi connectivity index (χ4v) is 3.57. The summed E-state index contributed by atoms with van der Waals surface area (Å²) in [7, 11) is 0. The molecule has 0 spiro atoms. The van der Waals surface area contributed by atoms with E-state index in [1.807, 2.05) is 29.6 Å². The zero-order valence-electron chi connectivity index (χ0n) is 11.8. The number of hydrogen-bond acceptors (Lipinski definition) is 7. The third-order valence-corrected chi connectivity index (χ3v) is 4.85. The summed E-state index contributed by atoms with van der Waals surface area (Å²) in [6.07, 6.45) is 2.60. The maximum Gasteiger partial charge on any atom is 0.200 e. The van der Waals surface area contributed by atoms with E-state index in [9.17, 15) is 4.79 Å². The summed E-state index contributed by atoms with van der Waals surface area (Å²) in [5, 5.41) is 17.7. The van der Waals surface area contributed by atoms with Crippen molar-refractivity contribution in [1.29, 1.82) is 0 Å². The van der Waals surface area contributed by atoms with Gasteiger partial charge in [-0.2, -0.15) is 0 Å². The number of Topliss-reactive ketones (excluding diaryl/α,β-unsaturated/α-hetero) is 1. The van der Waals surface area contributed by atoms with Gasteiger partial charge in [-0.15, -0.1) is 26.2 Å². The number of rotatable bonds is 4. The predicted octanol–water partition coefficient (Wildman–Crippen LogP) is 1.82. The monoisotopic (exact) mass is 314 g/mol. The summed E-state index contributed by atoms with van der Waals surface area (Å²) >= 11 is 1.50. The number of carbonyl (C=O) groups excluding carboxylic acids is 1. The van der Waals surface area contributed by atoms with Gasteiger partial charge in [-0.3, -0.25) is 4.79 Å². The molecule has 1 fully saturated rings. The molecule has 112 valence electrons. The van der Waals surface area contributed by atoms with Crippen LogP contribution in [-0.4, -0.2) is 43.6 Å². The molecule has 0 N–H and O–H groups in total. The second-order valence-electron chi connectivity index (χ2n) is 5.31. The first kappa shape index (κ1) is 13.3. The van der Waals surface area contributed by atoms with Gasteiger partial charge in [0.05, 0.1) is 4.88 Å². The Labute approximate surface area is 130 Å². The number of thiophene rings is 1. The third-order valence-electron chi connectivity index (χ3n) is 3.94. The van der Waals surface area contributed by atoms with E-state index < -0.39 is 0 Å². The van der Waals surface area contributed by atoms with E-state index in [1.54, 1.807) is 0 Å². The van der Waals surface area contributed by atoms with E-state index in [0.29, 0.717) is 12.1 Å². The Bertz CT molecular complexity index is 799. The summed E-state index contributed by atoms with van der Waals surface area (Å²) in [6, 6.07) is 7.75. The van der Waals surface area contributed by atoms with Crippen LogP contribution in [0.2, 0.25) is 0 Å². The Morgan fingerprint density at radius 2 is 2.32 bits per heavy atom. The molecular weight excluding hydrogens is 300 g/mol. The Kier molecular flexibility index (Phi) is 3.30. The molecule has 0 unspecified atom stereocenters. The molecule has 0 aliphatic carbocycles. The minimum Gasteiger partial charge on any atom is -0.352 e. The highest BCUT2D eigenvalue weighted by atomic mass is 32.1. The van der Waals surface area contributed by atoms with Crippen LogP contribution in [0, 0.1) is 0 Å². The van der Waals surface area contributed by atoms with Crippen LogP contribution in [0.3, 0.4) is 0 Å². The number of tetrazole rings is 1. The normalized spacial score (nSPS) is 18.2. The van der Waals surface area contributed by atoms with Gasteiger partial charge in [0, 0.05) is 19.0 Å². The Morgan fingerprint density at radius 1 is 1.36 bits per heavy atom. The Morgan fingerprint density at radius 3 is 3.18 bits per heavy atom. The van der Waals surface area contributed by atoms with Crippen LogP contribution in [0.1, 0.15) is 28.9 Å². The number of anilines is 1. The molecule has 4 heterocycles. The lowest BCUT2D eigenvalue weighted by atomic mass is 10.1. The molecule has 0 bridgehead atoms. The molecule has 3 aromatic heterocycles. The van der Waals surface area contributed by atoms with Crippen LogP contribution in [0.15, 0.2) is 29.6 Å². The average Bonchev–Trinajstić information content (AvgIpc) is 3.27. The topological polar surface area (TPSA) is 76.3 Å². The maximum atomic E-state index is 12.3. The van der Waals surface area contributed by atoms with Gasteiger partial charge < -0.3 is 4.90 Å². The first-order chi connectivity index (χ1) is 10.8. The SMILES string of the molecule is O=C(C[C@@H]1CCCN1c1ccc2nnnn2n1)c1cccs1. The van der Waals surface area contributed by atoms with Crippen molar-refractivity contribution in [2.24, 2.45) is 0 Å². The summed E-state index contributed by atoms with van der Waals surface area (Å²) in [4.78, 5) is 15.4. The van der Waals surface area contributed by atoms with Gasteiger partial charge in [-0.25, -0.2) is 0 Å². The van der Waals surface area contributed by atoms with Crippen LogP contribution in [0.4, 0.5) is 5.82 Å². The highest BCUT2D eigenvalue weighted by Crippen LogP contribution is 2.27. The number of nitrogens with zero attached hydrogens (tertiary/aromatic N) is 6. The Hall–Kier alpha value is -2.35. The van der Waals surface area contributed by atoms with Crippen LogP contribution < -0.4 is 4.90 Å². The van der Waals surface area contributed by atoms with Crippen LogP contribution in [0.5, 0.6) is 0 Å². The first-order valence-corrected chi connectivity index (χ1v) is 8.08. The van der Waals surface area contributed by atoms with E-state index in [1.165, 1.54) is 16.0 Å². The first-order valence-electron chi connectivity index (χ1n) is 7.20. The molecule has 4 rings (SSSR count). The largest absolute Gasteiger partial charge is 0.352 e.